The number of carbonyl (C=O) groups excluding carboxylic acids is 1. The molecule has 3 rings (SSSR count). The lowest BCUT2D eigenvalue weighted by Crippen LogP contribution is -2.42. The van der Waals surface area contributed by atoms with Crippen molar-refractivity contribution in [1.82, 2.24) is 9.80 Å². The van der Waals surface area contributed by atoms with E-state index in [1.165, 1.54) is 44.3 Å². The molecule has 4 heteroatoms. The van der Waals surface area contributed by atoms with E-state index in [0.29, 0.717) is 0 Å². The van der Waals surface area contributed by atoms with Crippen molar-refractivity contribution in [3.05, 3.63) is 35.4 Å². The average Bonchev–Trinajstić information content (AvgIpc) is 2.84. The van der Waals surface area contributed by atoms with Gasteiger partial charge in [0.25, 0.3) is 5.91 Å². The van der Waals surface area contributed by atoms with Gasteiger partial charge >= 0.3 is 0 Å². The third-order valence-corrected chi connectivity index (χ3v) is 5.13. The van der Waals surface area contributed by atoms with E-state index in [2.05, 4.69) is 17.0 Å². The molecule has 2 N–H and O–H groups in total. The van der Waals surface area contributed by atoms with Gasteiger partial charge in [-0.1, -0.05) is 25.0 Å². The number of piperidine rings is 1. The quantitative estimate of drug-likeness (QED) is 0.933. The van der Waals surface area contributed by atoms with Crippen molar-refractivity contribution in [3.63, 3.8) is 0 Å². The van der Waals surface area contributed by atoms with Gasteiger partial charge in [0.2, 0.25) is 0 Å². The van der Waals surface area contributed by atoms with Crippen molar-refractivity contribution in [1.29, 1.82) is 0 Å². The summed E-state index contributed by atoms with van der Waals surface area (Å²) in [6, 6.07) is 8.48. The molecule has 0 bridgehead atoms. The monoisotopic (exact) mass is 315 g/mol. The van der Waals surface area contributed by atoms with Crippen LogP contribution in [0.5, 0.6) is 0 Å². The Morgan fingerprint density at radius 1 is 0.957 bits per heavy atom. The smallest absolute Gasteiger partial charge is 0.253 e. The predicted octanol–water partition coefficient (Wildman–Crippen LogP) is 2.63. The van der Waals surface area contributed by atoms with E-state index in [0.717, 1.165) is 38.0 Å². The van der Waals surface area contributed by atoms with Gasteiger partial charge in [0, 0.05) is 31.2 Å². The summed E-state index contributed by atoms with van der Waals surface area (Å²) in [4.78, 5) is 17.0. The number of hydrogen-bond donors (Lipinski definition) is 1. The van der Waals surface area contributed by atoms with E-state index in [9.17, 15) is 4.79 Å². The number of benzene rings is 1. The Kier molecular flexibility index (Phi) is 5.68. The lowest BCUT2D eigenvalue weighted by Gasteiger charge is -2.30. The Labute approximate surface area is 139 Å². The van der Waals surface area contributed by atoms with Crippen LogP contribution in [0.3, 0.4) is 0 Å². The maximum atomic E-state index is 12.5. The number of carbonyl (C=O) groups is 1. The van der Waals surface area contributed by atoms with Crippen LogP contribution in [-0.2, 0) is 6.54 Å². The van der Waals surface area contributed by atoms with Gasteiger partial charge in [-0.3, -0.25) is 9.69 Å². The Morgan fingerprint density at radius 2 is 1.57 bits per heavy atom. The van der Waals surface area contributed by atoms with Crippen molar-refractivity contribution in [2.24, 2.45) is 5.73 Å². The van der Waals surface area contributed by atoms with Crippen LogP contribution in [0.2, 0.25) is 0 Å². The first kappa shape index (κ1) is 16.5. The maximum absolute atomic E-state index is 12.5. The largest absolute Gasteiger partial charge is 0.339 e. The highest BCUT2D eigenvalue weighted by Gasteiger charge is 2.21. The highest BCUT2D eigenvalue weighted by Crippen LogP contribution is 2.16. The number of amides is 1. The van der Waals surface area contributed by atoms with Gasteiger partial charge in [0.15, 0.2) is 0 Å². The second-order valence-electron chi connectivity index (χ2n) is 7.02. The van der Waals surface area contributed by atoms with E-state index >= 15 is 0 Å². The minimum absolute atomic E-state index is 0.151. The van der Waals surface area contributed by atoms with Crippen LogP contribution in [0.4, 0.5) is 0 Å². The number of nitrogens with zero attached hydrogens (tertiary/aromatic N) is 2. The third kappa shape index (κ3) is 4.55. The van der Waals surface area contributed by atoms with Crippen molar-refractivity contribution >= 4 is 5.91 Å². The highest BCUT2D eigenvalue weighted by molar-refractivity contribution is 5.94. The molecule has 0 aromatic heterocycles. The Bertz CT molecular complexity index is 498. The van der Waals surface area contributed by atoms with Crippen molar-refractivity contribution in [3.8, 4) is 0 Å². The van der Waals surface area contributed by atoms with Crippen LogP contribution >= 0.6 is 0 Å². The van der Waals surface area contributed by atoms with Crippen LogP contribution in [0, 0.1) is 0 Å². The first-order valence-electron chi connectivity index (χ1n) is 9.08. The molecular formula is C19H29N3O. The van der Waals surface area contributed by atoms with Gasteiger partial charge in [-0.15, -0.1) is 0 Å². The van der Waals surface area contributed by atoms with Gasteiger partial charge in [-0.25, -0.2) is 0 Å². The molecule has 1 aromatic rings. The molecule has 23 heavy (non-hydrogen) atoms. The van der Waals surface area contributed by atoms with Gasteiger partial charge < -0.3 is 10.6 Å². The van der Waals surface area contributed by atoms with Crippen LogP contribution in [0.1, 0.15) is 54.4 Å². The van der Waals surface area contributed by atoms with E-state index in [4.69, 9.17) is 5.73 Å². The Balaban J connectivity index is 1.56. The summed E-state index contributed by atoms with van der Waals surface area (Å²) in [5, 5.41) is 0. The van der Waals surface area contributed by atoms with E-state index in [1.54, 1.807) is 0 Å². The first-order chi connectivity index (χ1) is 11.2. The number of rotatable bonds is 3. The molecule has 2 aliphatic rings. The molecule has 1 amide bonds. The summed E-state index contributed by atoms with van der Waals surface area (Å²) >= 11 is 0. The minimum atomic E-state index is 0.151. The third-order valence-electron chi connectivity index (χ3n) is 5.13. The summed E-state index contributed by atoms with van der Waals surface area (Å²) in [5.41, 5.74) is 8.03. The SMILES string of the molecule is NC1CCN(C(=O)c2ccc(CN3CCCCCC3)cc2)CC1. The molecule has 0 unspecified atom stereocenters. The van der Waals surface area contributed by atoms with Gasteiger partial charge in [0.1, 0.15) is 0 Å². The summed E-state index contributed by atoms with van der Waals surface area (Å²) in [5.74, 6) is 0.151. The van der Waals surface area contributed by atoms with Crippen LogP contribution in [0.25, 0.3) is 0 Å². The Morgan fingerprint density at radius 3 is 2.17 bits per heavy atom. The topological polar surface area (TPSA) is 49.6 Å². The normalized spacial score (nSPS) is 21.2. The zero-order valence-corrected chi connectivity index (χ0v) is 14.0. The van der Waals surface area contributed by atoms with Crippen LogP contribution in [0.15, 0.2) is 24.3 Å². The average molecular weight is 315 g/mol. The Hall–Kier alpha value is -1.39. The van der Waals surface area contributed by atoms with Crippen molar-refractivity contribution < 1.29 is 4.79 Å². The molecule has 0 radical (unpaired) electrons. The second-order valence-corrected chi connectivity index (χ2v) is 7.02. The molecule has 126 valence electrons. The van der Waals surface area contributed by atoms with Crippen molar-refractivity contribution in [2.75, 3.05) is 26.2 Å². The number of likely N-dealkylation sites (tertiary alicyclic amines) is 2. The van der Waals surface area contributed by atoms with Crippen LogP contribution < -0.4 is 5.73 Å². The standard InChI is InChI=1S/C19H29N3O/c20-18-9-13-22(14-10-18)19(23)17-7-5-16(6-8-17)15-21-11-3-1-2-4-12-21/h5-8,18H,1-4,9-15,20H2. The fourth-order valence-electron chi connectivity index (χ4n) is 3.59. The fourth-order valence-corrected chi connectivity index (χ4v) is 3.59. The summed E-state index contributed by atoms with van der Waals surface area (Å²) in [6.45, 7) is 4.99. The number of hydrogen-bond acceptors (Lipinski definition) is 3. The van der Waals surface area contributed by atoms with E-state index < -0.39 is 0 Å². The zero-order chi connectivity index (χ0) is 16.1. The first-order valence-corrected chi connectivity index (χ1v) is 9.08. The minimum Gasteiger partial charge on any atom is -0.339 e. The molecule has 2 aliphatic heterocycles. The lowest BCUT2D eigenvalue weighted by molar-refractivity contribution is 0.0714. The molecule has 2 fully saturated rings. The second kappa shape index (κ2) is 7.93. The van der Waals surface area contributed by atoms with Crippen LogP contribution in [-0.4, -0.2) is 47.9 Å². The summed E-state index contributed by atoms with van der Waals surface area (Å²) in [6.07, 6.45) is 7.19. The molecule has 0 aliphatic carbocycles. The van der Waals surface area contributed by atoms with Gasteiger partial charge in [-0.05, 0) is 56.5 Å². The van der Waals surface area contributed by atoms with E-state index in [-0.39, 0.29) is 11.9 Å². The highest BCUT2D eigenvalue weighted by atomic mass is 16.2. The maximum Gasteiger partial charge on any atom is 0.253 e. The lowest BCUT2D eigenvalue weighted by atomic mass is 10.0. The number of nitrogens with two attached hydrogens (primary N) is 1. The molecule has 0 saturated carbocycles. The predicted molar refractivity (Wildman–Crippen MR) is 93.3 cm³/mol. The summed E-state index contributed by atoms with van der Waals surface area (Å²) < 4.78 is 0. The molecule has 1 aromatic carbocycles. The van der Waals surface area contributed by atoms with Gasteiger partial charge in [-0.2, -0.15) is 0 Å². The van der Waals surface area contributed by atoms with E-state index in [1.807, 2.05) is 17.0 Å². The molecule has 0 atom stereocenters. The molecule has 0 spiro atoms. The fraction of sp³-hybridized carbons (Fsp3) is 0.632. The molecule has 2 heterocycles. The van der Waals surface area contributed by atoms with Gasteiger partial charge in [0.05, 0.1) is 0 Å². The summed E-state index contributed by atoms with van der Waals surface area (Å²) in [7, 11) is 0. The zero-order valence-electron chi connectivity index (χ0n) is 14.0. The molecule has 4 nitrogen and oxygen atoms in total. The van der Waals surface area contributed by atoms with Crippen molar-refractivity contribution in [2.45, 2.75) is 51.1 Å². The molecular weight excluding hydrogens is 286 g/mol. The molecule has 2 saturated heterocycles.